The van der Waals surface area contributed by atoms with Crippen molar-refractivity contribution in [3.63, 3.8) is 0 Å². The molecule has 1 aliphatic heterocycles. The van der Waals surface area contributed by atoms with E-state index < -0.39 is 11.6 Å². The maximum atomic E-state index is 14.5. The van der Waals surface area contributed by atoms with Crippen LogP contribution >= 0.6 is 0 Å². The molecule has 0 radical (unpaired) electrons. The molecule has 144 valence electrons. The zero-order valence-electron chi connectivity index (χ0n) is 15.1. The number of aliphatic hydroxyl groups excluding tert-OH is 1. The number of halogens is 2. The Bertz CT molecular complexity index is 812. The molecule has 0 aliphatic carbocycles. The van der Waals surface area contributed by atoms with Crippen LogP contribution in [0.3, 0.4) is 0 Å². The van der Waals surface area contributed by atoms with Crippen molar-refractivity contribution in [2.24, 2.45) is 0 Å². The second-order valence-corrected chi connectivity index (χ2v) is 6.64. The van der Waals surface area contributed by atoms with Gasteiger partial charge in [-0.3, -0.25) is 4.79 Å². The zero-order valence-corrected chi connectivity index (χ0v) is 15.1. The summed E-state index contributed by atoms with van der Waals surface area (Å²) in [5.74, 6) is -2.42. The molecule has 0 aromatic heterocycles. The number of hydrogen-bond donors (Lipinski definition) is 3. The van der Waals surface area contributed by atoms with Gasteiger partial charge in [0, 0.05) is 31.4 Å². The molecule has 2 aromatic carbocycles. The molecule has 2 aromatic rings. The van der Waals surface area contributed by atoms with Crippen molar-refractivity contribution in [1.29, 1.82) is 0 Å². The van der Waals surface area contributed by atoms with Gasteiger partial charge in [0.25, 0.3) is 5.91 Å². The van der Waals surface area contributed by atoms with Crippen molar-refractivity contribution in [2.45, 2.75) is 19.4 Å². The van der Waals surface area contributed by atoms with Gasteiger partial charge in [-0.25, -0.2) is 8.78 Å². The van der Waals surface area contributed by atoms with Crippen molar-refractivity contribution < 1.29 is 18.7 Å². The van der Waals surface area contributed by atoms with Crippen molar-refractivity contribution in [2.75, 3.05) is 31.6 Å². The highest BCUT2D eigenvalue weighted by molar-refractivity contribution is 6.01. The number of likely N-dealkylation sites (tertiary alicyclic amines) is 1. The first-order valence-electron chi connectivity index (χ1n) is 8.95. The Kier molecular flexibility index (Phi) is 6.03. The van der Waals surface area contributed by atoms with Gasteiger partial charge in [0.2, 0.25) is 0 Å². The Balaban J connectivity index is 1.83. The normalized spacial score (nSPS) is 16.1. The van der Waals surface area contributed by atoms with E-state index in [0.717, 1.165) is 18.1 Å². The maximum absolute atomic E-state index is 14.5. The molecule has 0 spiro atoms. The first kappa shape index (κ1) is 19.3. The quantitative estimate of drug-likeness (QED) is 0.651. The summed E-state index contributed by atoms with van der Waals surface area (Å²) in [6, 6.07) is 9.45. The third-order valence-corrected chi connectivity index (χ3v) is 4.72. The molecule has 7 heteroatoms. The molecular formula is C20H23F2N3O2. The molecule has 1 unspecified atom stereocenters. The minimum atomic E-state index is -1.07. The van der Waals surface area contributed by atoms with E-state index in [1.54, 1.807) is 17.0 Å². The summed E-state index contributed by atoms with van der Waals surface area (Å²) in [7, 11) is 0. The lowest BCUT2D eigenvalue weighted by Crippen LogP contribution is -2.55. The predicted molar refractivity (Wildman–Crippen MR) is 100 cm³/mol. The lowest BCUT2D eigenvalue weighted by atomic mass is 10.00. The maximum Gasteiger partial charge on any atom is 0.256 e. The van der Waals surface area contributed by atoms with Crippen LogP contribution in [0.15, 0.2) is 36.4 Å². The third kappa shape index (κ3) is 4.26. The summed E-state index contributed by atoms with van der Waals surface area (Å²) in [6.45, 7) is 3.51. The minimum absolute atomic E-state index is 0.0223. The van der Waals surface area contributed by atoms with Crippen LogP contribution in [-0.4, -0.2) is 48.2 Å². The van der Waals surface area contributed by atoms with E-state index in [9.17, 15) is 13.6 Å². The monoisotopic (exact) mass is 375 g/mol. The highest BCUT2D eigenvalue weighted by Crippen LogP contribution is 2.30. The standard InChI is InChI=1S/C20H23F2N3O2/c1-13-2-4-14(5-3-13)24-19-16(6-7-17(21)18(19)22)20(27)25-10-8-15(25)12-23-9-11-26/h2-7,15,23-24,26H,8-12H2,1H3. The number of carbonyl (C=O) groups is 1. The van der Waals surface area contributed by atoms with Crippen LogP contribution in [0, 0.1) is 18.6 Å². The molecule has 5 nitrogen and oxygen atoms in total. The van der Waals surface area contributed by atoms with Gasteiger partial charge in [-0.05, 0) is 37.6 Å². The molecule has 27 heavy (non-hydrogen) atoms. The number of amides is 1. The summed E-state index contributed by atoms with van der Waals surface area (Å²) in [5.41, 5.74) is 1.55. The Morgan fingerprint density at radius 3 is 2.59 bits per heavy atom. The molecule has 1 fully saturated rings. The first-order valence-corrected chi connectivity index (χ1v) is 8.95. The lowest BCUT2D eigenvalue weighted by Gasteiger charge is -2.41. The van der Waals surface area contributed by atoms with Crippen LogP contribution in [-0.2, 0) is 0 Å². The van der Waals surface area contributed by atoms with Gasteiger partial charge in [-0.1, -0.05) is 17.7 Å². The van der Waals surface area contributed by atoms with E-state index in [-0.39, 0.29) is 29.8 Å². The van der Waals surface area contributed by atoms with E-state index >= 15 is 0 Å². The fourth-order valence-corrected chi connectivity index (χ4v) is 3.06. The topological polar surface area (TPSA) is 64.6 Å². The number of rotatable bonds is 7. The van der Waals surface area contributed by atoms with E-state index in [2.05, 4.69) is 10.6 Å². The molecule has 0 saturated carbocycles. The number of aryl methyl sites for hydroxylation is 1. The second kappa shape index (κ2) is 8.45. The molecule has 0 bridgehead atoms. The summed E-state index contributed by atoms with van der Waals surface area (Å²) in [6.07, 6.45) is 0.828. The number of nitrogens with zero attached hydrogens (tertiary/aromatic N) is 1. The van der Waals surface area contributed by atoms with Crippen LogP contribution in [0.1, 0.15) is 22.3 Å². The molecule has 3 rings (SSSR count). The third-order valence-electron chi connectivity index (χ3n) is 4.72. The molecular weight excluding hydrogens is 352 g/mol. The van der Waals surface area contributed by atoms with Crippen LogP contribution in [0.5, 0.6) is 0 Å². The fourth-order valence-electron chi connectivity index (χ4n) is 3.06. The van der Waals surface area contributed by atoms with Gasteiger partial charge in [0.1, 0.15) is 0 Å². The highest BCUT2D eigenvalue weighted by Gasteiger charge is 2.34. The van der Waals surface area contributed by atoms with Crippen molar-refractivity contribution in [3.8, 4) is 0 Å². The summed E-state index contributed by atoms with van der Waals surface area (Å²) in [4.78, 5) is 14.6. The zero-order chi connectivity index (χ0) is 19.4. The van der Waals surface area contributed by atoms with Crippen LogP contribution in [0.25, 0.3) is 0 Å². The number of benzene rings is 2. The minimum Gasteiger partial charge on any atom is -0.395 e. The molecule has 1 atom stereocenters. The van der Waals surface area contributed by atoms with Crippen LogP contribution < -0.4 is 10.6 Å². The van der Waals surface area contributed by atoms with E-state index in [1.165, 1.54) is 6.07 Å². The molecule has 1 heterocycles. The predicted octanol–water partition coefficient (Wildman–Crippen LogP) is 2.81. The number of aliphatic hydroxyl groups is 1. The molecule has 3 N–H and O–H groups in total. The number of nitrogens with one attached hydrogen (secondary N) is 2. The Labute approximate surface area is 157 Å². The van der Waals surface area contributed by atoms with Crippen LogP contribution in [0.2, 0.25) is 0 Å². The Morgan fingerprint density at radius 2 is 1.96 bits per heavy atom. The molecule has 1 amide bonds. The summed E-state index contributed by atoms with van der Waals surface area (Å²) >= 11 is 0. The SMILES string of the molecule is Cc1ccc(Nc2c(C(=O)N3CCC3CNCCO)ccc(F)c2F)cc1. The largest absolute Gasteiger partial charge is 0.395 e. The van der Waals surface area contributed by atoms with E-state index in [1.807, 2.05) is 19.1 Å². The molecule has 1 saturated heterocycles. The average molecular weight is 375 g/mol. The van der Waals surface area contributed by atoms with Crippen molar-refractivity contribution in [3.05, 3.63) is 59.2 Å². The second-order valence-electron chi connectivity index (χ2n) is 6.64. The number of carbonyl (C=O) groups excluding carboxylic acids is 1. The summed E-state index contributed by atoms with van der Waals surface area (Å²) in [5, 5.41) is 14.8. The van der Waals surface area contributed by atoms with E-state index in [0.29, 0.717) is 25.3 Å². The Hall–Kier alpha value is -2.51. The van der Waals surface area contributed by atoms with Gasteiger partial charge < -0.3 is 20.6 Å². The first-order chi connectivity index (χ1) is 13.0. The highest BCUT2D eigenvalue weighted by atomic mass is 19.2. The van der Waals surface area contributed by atoms with Gasteiger partial charge in [-0.15, -0.1) is 0 Å². The van der Waals surface area contributed by atoms with Gasteiger partial charge >= 0.3 is 0 Å². The van der Waals surface area contributed by atoms with Crippen molar-refractivity contribution >= 4 is 17.3 Å². The Morgan fingerprint density at radius 1 is 1.22 bits per heavy atom. The molecule has 1 aliphatic rings. The lowest BCUT2D eigenvalue weighted by molar-refractivity contribution is 0.0462. The number of hydrogen-bond acceptors (Lipinski definition) is 4. The fraction of sp³-hybridized carbons (Fsp3) is 0.350. The smallest absolute Gasteiger partial charge is 0.256 e. The summed E-state index contributed by atoms with van der Waals surface area (Å²) < 4.78 is 28.3. The van der Waals surface area contributed by atoms with E-state index in [4.69, 9.17) is 5.11 Å². The van der Waals surface area contributed by atoms with Gasteiger partial charge in [0.15, 0.2) is 11.6 Å². The average Bonchev–Trinajstić information content (AvgIpc) is 2.63. The van der Waals surface area contributed by atoms with Gasteiger partial charge in [-0.2, -0.15) is 0 Å². The van der Waals surface area contributed by atoms with Crippen LogP contribution in [0.4, 0.5) is 20.2 Å². The number of anilines is 2. The van der Waals surface area contributed by atoms with Crippen molar-refractivity contribution in [1.82, 2.24) is 10.2 Å². The van der Waals surface area contributed by atoms with Gasteiger partial charge in [0.05, 0.1) is 17.9 Å².